The highest BCUT2D eigenvalue weighted by Gasteiger charge is 2.15. The lowest BCUT2D eigenvalue weighted by Crippen LogP contribution is -2.16. The van der Waals surface area contributed by atoms with Crippen LogP contribution in [0, 0.1) is 5.82 Å². The molecule has 15 heavy (non-hydrogen) atoms. The summed E-state index contributed by atoms with van der Waals surface area (Å²) in [6.07, 6.45) is -0.899. The third kappa shape index (κ3) is 2.57. The maximum atomic E-state index is 13.1. The standard InChI is InChI=1S/C10H14FNO3/c1-12-5-9(14)6-3-10(15-2)7(11)4-8(6)13/h3-4,9,12-14H,5H2,1-2H3. The van der Waals surface area contributed by atoms with E-state index in [2.05, 4.69) is 5.32 Å². The summed E-state index contributed by atoms with van der Waals surface area (Å²) >= 11 is 0. The van der Waals surface area contributed by atoms with Crippen molar-refractivity contribution in [3.05, 3.63) is 23.5 Å². The minimum Gasteiger partial charge on any atom is -0.507 e. The molecule has 1 aromatic rings. The molecule has 0 saturated heterocycles. The van der Waals surface area contributed by atoms with Crippen LogP contribution in [0.15, 0.2) is 12.1 Å². The lowest BCUT2D eigenvalue weighted by Gasteiger charge is -2.13. The fraction of sp³-hybridized carbons (Fsp3) is 0.400. The van der Waals surface area contributed by atoms with Gasteiger partial charge < -0.3 is 20.3 Å². The van der Waals surface area contributed by atoms with Crippen molar-refractivity contribution in [1.82, 2.24) is 5.32 Å². The molecule has 1 rings (SSSR count). The van der Waals surface area contributed by atoms with Crippen LogP contribution in [0.4, 0.5) is 4.39 Å². The van der Waals surface area contributed by atoms with Crippen molar-refractivity contribution in [1.29, 1.82) is 0 Å². The van der Waals surface area contributed by atoms with Gasteiger partial charge in [-0.2, -0.15) is 0 Å². The zero-order valence-electron chi connectivity index (χ0n) is 8.62. The highest BCUT2D eigenvalue weighted by atomic mass is 19.1. The zero-order chi connectivity index (χ0) is 11.4. The first kappa shape index (κ1) is 11.7. The molecular formula is C10H14FNO3. The van der Waals surface area contributed by atoms with E-state index < -0.39 is 11.9 Å². The van der Waals surface area contributed by atoms with Crippen molar-refractivity contribution in [3.8, 4) is 11.5 Å². The maximum Gasteiger partial charge on any atom is 0.168 e. The minimum atomic E-state index is -0.899. The van der Waals surface area contributed by atoms with Crippen molar-refractivity contribution in [2.45, 2.75) is 6.10 Å². The molecule has 1 aromatic carbocycles. The molecule has 84 valence electrons. The molecular weight excluding hydrogens is 201 g/mol. The second kappa shape index (κ2) is 4.95. The van der Waals surface area contributed by atoms with E-state index in [-0.39, 0.29) is 23.6 Å². The Hall–Kier alpha value is -1.33. The van der Waals surface area contributed by atoms with Crippen LogP contribution in [-0.2, 0) is 0 Å². The van der Waals surface area contributed by atoms with E-state index in [0.717, 1.165) is 6.07 Å². The van der Waals surface area contributed by atoms with Crippen LogP contribution in [0.25, 0.3) is 0 Å². The van der Waals surface area contributed by atoms with Crippen LogP contribution in [-0.4, -0.2) is 30.9 Å². The molecule has 0 heterocycles. The Labute approximate surface area is 87.3 Å². The summed E-state index contributed by atoms with van der Waals surface area (Å²) in [4.78, 5) is 0. The lowest BCUT2D eigenvalue weighted by molar-refractivity contribution is 0.173. The van der Waals surface area contributed by atoms with Crippen LogP contribution >= 0.6 is 0 Å². The number of aliphatic hydroxyl groups excluding tert-OH is 1. The van der Waals surface area contributed by atoms with Crippen molar-refractivity contribution in [3.63, 3.8) is 0 Å². The number of methoxy groups -OCH3 is 1. The largest absolute Gasteiger partial charge is 0.507 e. The monoisotopic (exact) mass is 215 g/mol. The van der Waals surface area contributed by atoms with E-state index in [1.807, 2.05) is 0 Å². The highest BCUT2D eigenvalue weighted by Crippen LogP contribution is 2.30. The summed E-state index contributed by atoms with van der Waals surface area (Å²) in [6.45, 7) is 0.266. The Bertz CT molecular complexity index is 344. The highest BCUT2D eigenvalue weighted by molar-refractivity contribution is 5.41. The first-order chi connectivity index (χ1) is 7.10. The third-order valence-corrected chi connectivity index (χ3v) is 2.06. The SMILES string of the molecule is CNCC(O)c1cc(OC)c(F)cc1O. The van der Waals surface area contributed by atoms with Gasteiger partial charge in [0.05, 0.1) is 13.2 Å². The van der Waals surface area contributed by atoms with Gasteiger partial charge in [0, 0.05) is 18.2 Å². The fourth-order valence-corrected chi connectivity index (χ4v) is 1.29. The van der Waals surface area contributed by atoms with Gasteiger partial charge >= 0.3 is 0 Å². The van der Waals surface area contributed by atoms with Gasteiger partial charge in [-0.05, 0) is 13.1 Å². The predicted molar refractivity (Wildman–Crippen MR) is 53.5 cm³/mol. The van der Waals surface area contributed by atoms with Crippen LogP contribution in [0.1, 0.15) is 11.7 Å². The number of halogens is 1. The molecule has 0 saturated carbocycles. The Morgan fingerprint density at radius 3 is 2.73 bits per heavy atom. The molecule has 0 aliphatic heterocycles. The average Bonchev–Trinajstić information content (AvgIpc) is 2.18. The Morgan fingerprint density at radius 1 is 1.53 bits per heavy atom. The third-order valence-electron chi connectivity index (χ3n) is 2.06. The molecule has 0 spiro atoms. The van der Waals surface area contributed by atoms with E-state index >= 15 is 0 Å². The molecule has 1 atom stereocenters. The molecule has 0 amide bonds. The van der Waals surface area contributed by atoms with Gasteiger partial charge in [0.25, 0.3) is 0 Å². The number of hydrogen-bond acceptors (Lipinski definition) is 4. The summed E-state index contributed by atoms with van der Waals surface area (Å²) < 4.78 is 17.8. The topological polar surface area (TPSA) is 61.7 Å². The molecule has 0 radical (unpaired) electrons. The molecule has 0 aliphatic rings. The summed E-state index contributed by atoms with van der Waals surface area (Å²) in [6, 6.07) is 2.21. The zero-order valence-corrected chi connectivity index (χ0v) is 8.62. The van der Waals surface area contributed by atoms with Crippen molar-refractivity contribution in [2.24, 2.45) is 0 Å². The normalized spacial score (nSPS) is 12.5. The second-order valence-electron chi connectivity index (χ2n) is 3.12. The van der Waals surface area contributed by atoms with E-state index in [0.29, 0.717) is 0 Å². The smallest absolute Gasteiger partial charge is 0.168 e. The van der Waals surface area contributed by atoms with Crippen molar-refractivity contribution < 1.29 is 19.3 Å². The number of likely N-dealkylation sites (N-methyl/N-ethyl adjacent to an activating group) is 1. The Kier molecular flexibility index (Phi) is 3.88. The first-order valence-corrected chi connectivity index (χ1v) is 4.49. The van der Waals surface area contributed by atoms with Crippen LogP contribution in [0.5, 0.6) is 11.5 Å². The number of benzene rings is 1. The van der Waals surface area contributed by atoms with Crippen molar-refractivity contribution >= 4 is 0 Å². The van der Waals surface area contributed by atoms with Gasteiger partial charge in [-0.15, -0.1) is 0 Å². The molecule has 0 aromatic heterocycles. The molecule has 4 nitrogen and oxygen atoms in total. The van der Waals surface area contributed by atoms with Crippen molar-refractivity contribution in [2.75, 3.05) is 20.7 Å². The summed E-state index contributed by atoms with van der Waals surface area (Å²) in [5.74, 6) is -0.940. The molecule has 0 aliphatic carbocycles. The number of aliphatic hydroxyl groups is 1. The van der Waals surface area contributed by atoms with Crippen LogP contribution < -0.4 is 10.1 Å². The number of hydrogen-bond donors (Lipinski definition) is 3. The number of ether oxygens (including phenoxy) is 1. The number of rotatable bonds is 4. The summed E-state index contributed by atoms with van der Waals surface area (Å²) in [5.41, 5.74) is 0.239. The van der Waals surface area contributed by atoms with E-state index in [1.54, 1.807) is 7.05 Å². The second-order valence-corrected chi connectivity index (χ2v) is 3.12. The van der Waals surface area contributed by atoms with Gasteiger partial charge in [0.15, 0.2) is 11.6 Å². The lowest BCUT2D eigenvalue weighted by atomic mass is 10.1. The fourth-order valence-electron chi connectivity index (χ4n) is 1.29. The van der Waals surface area contributed by atoms with Gasteiger partial charge in [0.2, 0.25) is 0 Å². The summed E-state index contributed by atoms with van der Waals surface area (Å²) in [7, 11) is 2.99. The number of phenols is 1. The predicted octanol–water partition coefficient (Wildman–Crippen LogP) is 0.793. The average molecular weight is 215 g/mol. The van der Waals surface area contributed by atoms with Crippen LogP contribution in [0.2, 0.25) is 0 Å². The van der Waals surface area contributed by atoms with Gasteiger partial charge in [0.1, 0.15) is 5.75 Å². The summed E-state index contributed by atoms with van der Waals surface area (Å²) in [5, 5.41) is 21.8. The van der Waals surface area contributed by atoms with Gasteiger partial charge in [-0.1, -0.05) is 0 Å². The Morgan fingerprint density at radius 2 is 2.20 bits per heavy atom. The van der Waals surface area contributed by atoms with Gasteiger partial charge in [-0.3, -0.25) is 0 Å². The Balaban J connectivity index is 3.06. The number of phenolic OH excluding ortho intramolecular Hbond substituents is 1. The first-order valence-electron chi connectivity index (χ1n) is 4.49. The van der Waals surface area contributed by atoms with E-state index in [4.69, 9.17) is 4.74 Å². The molecule has 0 fully saturated rings. The van der Waals surface area contributed by atoms with Crippen LogP contribution in [0.3, 0.4) is 0 Å². The molecule has 1 unspecified atom stereocenters. The quantitative estimate of drug-likeness (QED) is 0.695. The molecule has 0 bridgehead atoms. The molecule has 5 heteroatoms. The number of aromatic hydroxyl groups is 1. The van der Waals surface area contributed by atoms with Gasteiger partial charge in [-0.25, -0.2) is 4.39 Å². The maximum absolute atomic E-state index is 13.1. The molecule has 3 N–H and O–H groups in total. The number of nitrogens with one attached hydrogen (secondary N) is 1. The van der Waals surface area contributed by atoms with E-state index in [9.17, 15) is 14.6 Å². The van der Waals surface area contributed by atoms with E-state index in [1.165, 1.54) is 13.2 Å². The minimum absolute atomic E-state index is 0.00190.